The van der Waals surface area contributed by atoms with Crippen LogP contribution in [-0.4, -0.2) is 24.9 Å². The van der Waals surface area contributed by atoms with Gasteiger partial charge in [-0.25, -0.2) is 0 Å². The van der Waals surface area contributed by atoms with Crippen molar-refractivity contribution in [1.82, 2.24) is 4.90 Å². The second kappa shape index (κ2) is 6.20. The van der Waals surface area contributed by atoms with Gasteiger partial charge in [-0.15, -0.1) is 0 Å². The number of halogens is 1. The molecule has 0 heterocycles. The highest BCUT2D eigenvalue weighted by Gasteiger charge is 2.11. The first-order chi connectivity index (χ1) is 9.47. The van der Waals surface area contributed by atoms with Gasteiger partial charge in [-0.2, -0.15) is 0 Å². The maximum atomic E-state index is 12.0. The largest absolute Gasteiger partial charge is 0.398 e. The monoisotopic (exact) mass is 306 g/mol. The Morgan fingerprint density at radius 3 is 2.60 bits per heavy atom. The van der Waals surface area contributed by atoms with Crippen molar-refractivity contribution in [2.75, 3.05) is 19.8 Å². The van der Waals surface area contributed by atoms with Gasteiger partial charge >= 0.3 is 0 Å². The number of hydrogen-bond acceptors (Lipinski definition) is 3. The number of carbonyl (C=O) groups excluding carboxylic acids is 1. The van der Waals surface area contributed by atoms with Crippen molar-refractivity contribution in [2.24, 2.45) is 0 Å². The molecule has 0 spiro atoms. The summed E-state index contributed by atoms with van der Waals surface area (Å²) in [6.45, 7) is 0. The molecule has 2 N–H and O–H groups in total. The van der Waals surface area contributed by atoms with E-state index in [-0.39, 0.29) is 5.91 Å². The van der Waals surface area contributed by atoms with E-state index in [0.29, 0.717) is 16.3 Å². The van der Waals surface area contributed by atoms with Crippen LogP contribution >= 0.6 is 23.4 Å². The average molecular weight is 307 g/mol. The smallest absolute Gasteiger partial charge is 0.253 e. The summed E-state index contributed by atoms with van der Waals surface area (Å²) in [6, 6.07) is 12.8. The number of nitrogens with two attached hydrogens (primary N) is 1. The molecule has 1 amide bonds. The Kier molecular flexibility index (Phi) is 4.57. The van der Waals surface area contributed by atoms with E-state index in [0.717, 1.165) is 9.79 Å². The van der Waals surface area contributed by atoms with Gasteiger partial charge in [-0.1, -0.05) is 29.4 Å². The van der Waals surface area contributed by atoms with Crippen LogP contribution in [0.25, 0.3) is 0 Å². The van der Waals surface area contributed by atoms with Gasteiger partial charge < -0.3 is 10.6 Å². The molecular formula is C15H15ClN2OS. The number of carbonyl (C=O) groups is 1. The van der Waals surface area contributed by atoms with E-state index in [1.807, 2.05) is 30.3 Å². The summed E-state index contributed by atoms with van der Waals surface area (Å²) in [5.41, 5.74) is 7.24. The number of nitrogens with zero attached hydrogens (tertiary/aromatic N) is 1. The van der Waals surface area contributed by atoms with Gasteiger partial charge in [0.05, 0.1) is 0 Å². The molecule has 0 saturated heterocycles. The van der Waals surface area contributed by atoms with Gasteiger partial charge in [0, 0.05) is 40.2 Å². The molecule has 104 valence electrons. The van der Waals surface area contributed by atoms with Crippen LogP contribution in [0.4, 0.5) is 5.69 Å². The minimum atomic E-state index is -0.0436. The maximum Gasteiger partial charge on any atom is 0.253 e. The fourth-order valence-corrected chi connectivity index (χ4v) is 2.88. The normalized spacial score (nSPS) is 10.3. The minimum absolute atomic E-state index is 0.0436. The van der Waals surface area contributed by atoms with Crippen molar-refractivity contribution in [3.8, 4) is 0 Å². The van der Waals surface area contributed by atoms with Gasteiger partial charge in [0.25, 0.3) is 5.91 Å². The molecule has 0 radical (unpaired) electrons. The number of amides is 1. The third kappa shape index (κ3) is 3.46. The Labute approximate surface area is 127 Å². The van der Waals surface area contributed by atoms with Crippen molar-refractivity contribution in [2.45, 2.75) is 9.79 Å². The first kappa shape index (κ1) is 14.8. The molecule has 3 nitrogen and oxygen atoms in total. The zero-order valence-corrected chi connectivity index (χ0v) is 12.8. The summed E-state index contributed by atoms with van der Waals surface area (Å²) in [7, 11) is 3.45. The predicted molar refractivity (Wildman–Crippen MR) is 84.4 cm³/mol. The molecule has 0 saturated carbocycles. The molecule has 2 rings (SSSR count). The first-order valence-corrected chi connectivity index (χ1v) is 7.21. The number of benzene rings is 2. The van der Waals surface area contributed by atoms with Crippen LogP contribution in [0.3, 0.4) is 0 Å². The quantitative estimate of drug-likeness (QED) is 0.878. The third-order valence-corrected chi connectivity index (χ3v) is 3.99. The van der Waals surface area contributed by atoms with E-state index in [2.05, 4.69) is 0 Å². The topological polar surface area (TPSA) is 46.3 Å². The van der Waals surface area contributed by atoms with Crippen LogP contribution in [-0.2, 0) is 0 Å². The molecule has 0 atom stereocenters. The van der Waals surface area contributed by atoms with Gasteiger partial charge in [-0.3, -0.25) is 4.79 Å². The van der Waals surface area contributed by atoms with E-state index in [4.69, 9.17) is 17.3 Å². The maximum absolute atomic E-state index is 12.0. The number of hydrogen-bond donors (Lipinski definition) is 1. The third-order valence-electron chi connectivity index (χ3n) is 2.69. The Bertz CT molecular complexity index is 644. The Hall–Kier alpha value is -1.65. The number of anilines is 1. The summed E-state index contributed by atoms with van der Waals surface area (Å²) in [5, 5.41) is 0.675. The van der Waals surface area contributed by atoms with E-state index in [1.165, 1.54) is 11.8 Å². The van der Waals surface area contributed by atoms with Crippen molar-refractivity contribution in [3.63, 3.8) is 0 Å². The van der Waals surface area contributed by atoms with E-state index >= 15 is 0 Å². The summed E-state index contributed by atoms with van der Waals surface area (Å²) < 4.78 is 0. The lowest BCUT2D eigenvalue weighted by Crippen LogP contribution is -2.21. The van der Waals surface area contributed by atoms with Crippen LogP contribution in [0.2, 0.25) is 5.02 Å². The molecule has 0 fully saturated rings. The van der Waals surface area contributed by atoms with Gasteiger partial charge in [-0.05, 0) is 36.4 Å². The lowest BCUT2D eigenvalue weighted by atomic mass is 10.2. The molecule has 0 aliphatic heterocycles. The second-order valence-corrected chi connectivity index (χ2v) is 6.06. The summed E-state index contributed by atoms with van der Waals surface area (Å²) in [6.07, 6.45) is 0. The van der Waals surface area contributed by atoms with Crippen LogP contribution in [0, 0.1) is 0 Å². The molecular weight excluding hydrogens is 292 g/mol. The zero-order valence-electron chi connectivity index (χ0n) is 11.3. The molecule has 0 bridgehead atoms. The van der Waals surface area contributed by atoms with Crippen LogP contribution in [0.1, 0.15) is 10.4 Å². The molecule has 0 aliphatic rings. The molecule has 20 heavy (non-hydrogen) atoms. The standard InChI is InChI=1S/C15H15ClN2OS/c1-18(2)15(19)10-6-7-13(17)14(8-10)20-12-5-3-4-11(16)9-12/h3-9H,17H2,1-2H3. The van der Waals surface area contributed by atoms with Crippen LogP contribution in [0.15, 0.2) is 52.3 Å². The zero-order chi connectivity index (χ0) is 14.7. The van der Waals surface area contributed by atoms with E-state index in [9.17, 15) is 4.79 Å². The second-order valence-electron chi connectivity index (χ2n) is 4.51. The van der Waals surface area contributed by atoms with Crippen molar-refractivity contribution in [3.05, 3.63) is 53.1 Å². The molecule has 0 aliphatic carbocycles. The van der Waals surface area contributed by atoms with E-state index < -0.39 is 0 Å². The molecule has 2 aromatic carbocycles. The Morgan fingerprint density at radius 1 is 1.20 bits per heavy atom. The summed E-state index contributed by atoms with van der Waals surface area (Å²) >= 11 is 7.46. The fraction of sp³-hybridized carbons (Fsp3) is 0.133. The predicted octanol–water partition coefficient (Wildman–Crippen LogP) is 3.78. The average Bonchev–Trinajstić information content (AvgIpc) is 2.40. The lowest BCUT2D eigenvalue weighted by molar-refractivity contribution is 0.0827. The van der Waals surface area contributed by atoms with Crippen LogP contribution < -0.4 is 5.73 Å². The van der Waals surface area contributed by atoms with Gasteiger partial charge in [0.15, 0.2) is 0 Å². The lowest BCUT2D eigenvalue weighted by Gasteiger charge is -2.12. The molecule has 5 heteroatoms. The summed E-state index contributed by atoms with van der Waals surface area (Å²) in [5.74, 6) is -0.0436. The fourth-order valence-electron chi connectivity index (χ4n) is 1.67. The highest BCUT2D eigenvalue weighted by atomic mass is 35.5. The Balaban J connectivity index is 2.32. The van der Waals surface area contributed by atoms with Crippen molar-refractivity contribution < 1.29 is 4.79 Å². The minimum Gasteiger partial charge on any atom is -0.398 e. The number of nitrogen functional groups attached to an aromatic ring is 1. The molecule has 0 unspecified atom stereocenters. The van der Waals surface area contributed by atoms with E-state index in [1.54, 1.807) is 31.1 Å². The highest BCUT2D eigenvalue weighted by molar-refractivity contribution is 7.99. The first-order valence-electron chi connectivity index (χ1n) is 6.02. The molecule has 0 aromatic heterocycles. The SMILES string of the molecule is CN(C)C(=O)c1ccc(N)c(Sc2cccc(Cl)c2)c1. The summed E-state index contributed by atoms with van der Waals surface area (Å²) in [4.78, 5) is 15.3. The van der Waals surface area contributed by atoms with Crippen molar-refractivity contribution in [1.29, 1.82) is 0 Å². The van der Waals surface area contributed by atoms with Gasteiger partial charge in [0.2, 0.25) is 0 Å². The number of rotatable bonds is 3. The van der Waals surface area contributed by atoms with Gasteiger partial charge in [0.1, 0.15) is 0 Å². The molecule has 2 aromatic rings. The highest BCUT2D eigenvalue weighted by Crippen LogP contribution is 2.33. The van der Waals surface area contributed by atoms with Crippen LogP contribution in [0.5, 0.6) is 0 Å². The van der Waals surface area contributed by atoms with Crippen molar-refractivity contribution >= 4 is 35.0 Å². The Morgan fingerprint density at radius 2 is 1.95 bits per heavy atom.